The average Bonchev–Trinajstić information content (AvgIpc) is 3.33. The van der Waals surface area contributed by atoms with Crippen molar-refractivity contribution in [2.45, 2.75) is 31.4 Å². The summed E-state index contributed by atoms with van der Waals surface area (Å²) < 4.78 is 43.0. The molecule has 1 saturated carbocycles. The van der Waals surface area contributed by atoms with Gasteiger partial charge in [0.15, 0.2) is 0 Å². The highest BCUT2D eigenvalue weighted by atomic mass is 19.4. The van der Waals surface area contributed by atoms with Gasteiger partial charge in [-0.25, -0.2) is 0 Å². The van der Waals surface area contributed by atoms with Gasteiger partial charge in [0.25, 0.3) is 0 Å². The summed E-state index contributed by atoms with van der Waals surface area (Å²) in [7, 11) is 1.89. The molecule has 0 saturated heterocycles. The van der Waals surface area contributed by atoms with Crippen LogP contribution in [0.5, 0.6) is 0 Å². The van der Waals surface area contributed by atoms with Crippen molar-refractivity contribution in [2.75, 3.05) is 11.5 Å². The Morgan fingerprint density at radius 1 is 1.27 bits per heavy atom. The minimum absolute atomic E-state index is 0.0816. The van der Waals surface area contributed by atoms with Crippen LogP contribution >= 0.6 is 0 Å². The highest BCUT2D eigenvalue weighted by Gasteiger charge is 2.49. The monoisotopic (exact) mass is 456 g/mol. The molecule has 0 spiro atoms. The van der Waals surface area contributed by atoms with Gasteiger partial charge in [-0.2, -0.15) is 13.2 Å². The van der Waals surface area contributed by atoms with E-state index in [1.807, 2.05) is 29.8 Å². The number of aryl methyl sites for hydroxylation is 1. The summed E-state index contributed by atoms with van der Waals surface area (Å²) in [6.07, 6.45) is 2.34. The zero-order valence-corrected chi connectivity index (χ0v) is 18.2. The van der Waals surface area contributed by atoms with Crippen LogP contribution in [0.25, 0.3) is 0 Å². The SMILES string of the molecule is CC1CC(c2cccc(N3C=C4C(C(F)(F)F)=CC(CO)=CC4C3=O)c2)(c2nncn2C)C1. The Bertz CT molecular complexity index is 1220. The molecule has 2 aliphatic carbocycles. The molecule has 9 heteroatoms. The number of amides is 1. The van der Waals surface area contributed by atoms with Gasteiger partial charge in [0.2, 0.25) is 5.91 Å². The lowest BCUT2D eigenvalue weighted by Gasteiger charge is -2.46. The van der Waals surface area contributed by atoms with Crippen molar-refractivity contribution in [3.8, 4) is 0 Å². The summed E-state index contributed by atoms with van der Waals surface area (Å²) in [4.78, 5) is 14.5. The summed E-state index contributed by atoms with van der Waals surface area (Å²) in [6.45, 7) is 1.60. The second kappa shape index (κ2) is 7.41. The quantitative estimate of drug-likeness (QED) is 0.760. The van der Waals surface area contributed by atoms with Gasteiger partial charge in [-0.3, -0.25) is 9.69 Å². The van der Waals surface area contributed by atoms with Crippen molar-refractivity contribution in [2.24, 2.45) is 18.9 Å². The lowest BCUT2D eigenvalue weighted by molar-refractivity contribution is -0.119. The van der Waals surface area contributed by atoms with Crippen LogP contribution in [0.3, 0.4) is 0 Å². The third kappa shape index (κ3) is 3.33. The van der Waals surface area contributed by atoms with Crippen LogP contribution in [-0.2, 0) is 17.3 Å². The second-order valence-corrected chi connectivity index (χ2v) is 9.14. The summed E-state index contributed by atoms with van der Waals surface area (Å²) in [6, 6.07) is 7.36. The topological polar surface area (TPSA) is 71.2 Å². The van der Waals surface area contributed by atoms with E-state index in [-0.39, 0.29) is 16.6 Å². The van der Waals surface area contributed by atoms with E-state index in [1.54, 1.807) is 12.4 Å². The number of rotatable bonds is 4. The van der Waals surface area contributed by atoms with Gasteiger partial charge in [0.05, 0.1) is 23.5 Å². The summed E-state index contributed by atoms with van der Waals surface area (Å²) >= 11 is 0. The zero-order valence-electron chi connectivity index (χ0n) is 18.2. The molecule has 5 rings (SSSR count). The molecule has 1 N–H and O–H groups in total. The van der Waals surface area contributed by atoms with E-state index in [2.05, 4.69) is 17.1 Å². The normalized spacial score (nSPS) is 27.0. The number of nitrogens with zero attached hydrogens (tertiary/aromatic N) is 4. The molecule has 33 heavy (non-hydrogen) atoms. The number of benzene rings is 1. The van der Waals surface area contributed by atoms with Crippen LogP contribution < -0.4 is 4.90 Å². The number of carbonyl (C=O) groups is 1. The number of anilines is 1. The first-order valence-electron chi connectivity index (χ1n) is 10.7. The number of hydrogen-bond donors (Lipinski definition) is 1. The van der Waals surface area contributed by atoms with E-state index in [4.69, 9.17) is 0 Å². The summed E-state index contributed by atoms with van der Waals surface area (Å²) in [5, 5.41) is 17.8. The molecular formula is C24H23F3N4O2. The first-order chi connectivity index (χ1) is 15.6. The molecule has 1 unspecified atom stereocenters. The van der Waals surface area contributed by atoms with Crippen molar-refractivity contribution in [3.63, 3.8) is 0 Å². The molecule has 1 fully saturated rings. The van der Waals surface area contributed by atoms with Gasteiger partial charge in [0.1, 0.15) is 12.2 Å². The fraction of sp³-hybridized carbons (Fsp3) is 0.375. The van der Waals surface area contributed by atoms with E-state index in [0.717, 1.165) is 30.3 Å². The van der Waals surface area contributed by atoms with Crippen LogP contribution in [0, 0.1) is 11.8 Å². The Balaban J connectivity index is 1.56. The van der Waals surface area contributed by atoms with Gasteiger partial charge in [-0.15, -0.1) is 10.2 Å². The molecule has 2 aromatic rings. The Kier molecular flexibility index (Phi) is 4.86. The maximum absolute atomic E-state index is 13.7. The third-order valence-corrected chi connectivity index (χ3v) is 6.83. The lowest BCUT2D eigenvalue weighted by Crippen LogP contribution is -2.43. The molecule has 1 aliphatic heterocycles. The largest absolute Gasteiger partial charge is 0.416 e. The molecule has 1 aromatic heterocycles. The van der Waals surface area contributed by atoms with E-state index < -0.39 is 30.2 Å². The maximum Gasteiger partial charge on any atom is 0.416 e. The number of allylic oxidation sites excluding steroid dienone is 1. The van der Waals surface area contributed by atoms with Crippen molar-refractivity contribution in [1.29, 1.82) is 0 Å². The number of aliphatic hydroxyl groups is 1. The molecule has 172 valence electrons. The second-order valence-electron chi connectivity index (χ2n) is 9.14. The highest BCUT2D eigenvalue weighted by Crippen LogP contribution is 2.52. The Hall–Kier alpha value is -3.20. The first kappa shape index (κ1) is 21.6. The summed E-state index contributed by atoms with van der Waals surface area (Å²) in [5.41, 5.74) is 0.182. The smallest absolute Gasteiger partial charge is 0.392 e. The van der Waals surface area contributed by atoms with E-state index in [0.29, 0.717) is 11.6 Å². The van der Waals surface area contributed by atoms with Crippen LogP contribution in [0.4, 0.5) is 18.9 Å². The van der Waals surface area contributed by atoms with Gasteiger partial charge < -0.3 is 9.67 Å². The van der Waals surface area contributed by atoms with Crippen molar-refractivity contribution < 1.29 is 23.1 Å². The number of fused-ring (bicyclic) bond motifs is 1. The highest BCUT2D eigenvalue weighted by molar-refractivity contribution is 6.04. The predicted octanol–water partition coefficient (Wildman–Crippen LogP) is 3.80. The molecule has 0 radical (unpaired) electrons. The molecular weight excluding hydrogens is 433 g/mol. The maximum atomic E-state index is 13.7. The average molecular weight is 456 g/mol. The Labute approximate surface area is 188 Å². The molecule has 1 aromatic carbocycles. The van der Waals surface area contributed by atoms with Crippen molar-refractivity contribution >= 4 is 11.6 Å². The third-order valence-electron chi connectivity index (χ3n) is 6.83. The molecule has 2 heterocycles. The van der Waals surface area contributed by atoms with E-state index >= 15 is 0 Å². The van der Waals surface area contributed by atoms with E-state index in [1.165, 1.54) is 17.2 Å². The van der Waals surface area contributed by atoms with E-state index in [9.17, 15) is 23.1 Å². The zero-order chi connectivity index (χ0) is 23.5. The van der Waals surface area contributed by atoms with Crippen molar-refractivity contribution in [1.82, 2.24) is 14.8 Å². The number of aliphatic hydroxyl groups excluding tert-OH is 1. The van der Waals surface area contributed by atoms with Gasteiger partial charge in [0, 0.05) is 18.9 Å². The van der Waals surface area contributed by atoms with Gasteiger partial charge >= 0.3 is 6.18 Å². The van der Waals surface area contributed by atoms with Gasteiger partial charge in [-0.05, 0) is 53.7 Å². The number of hydrogen-bond acceptors (Lipinski definition) is 4. The standard InChI is InChI=1S/C24H23F3N4O2/c1-14-9-23(10-14,22-29-28-13-30(22)2)16-4-3-5-17(8-16)31-11-19-18(21(31)33)6-15(12-32)7-20(19)24(25,26)27/h3-8,11,13-14,18,32H,9-10,12H2,1-2H3. The van der Waals surface area contributed by atoms with Crippen LogP contribution in [0.15, 0.2) is 65.7 Å². The number of aromatic nitrogens is 3. The Morgan fingerprint density at radius 3 is 2.64 bits per heavy atom. The predicted molar refractivity (Wildman–Crippen MR) is 115 cm³/mol. The van der Waals surface area contributed by atoms with Crippen molar-refractivity contribution in [3.05, 3.63) is 77.1 Å². The fourth-order valence-corrected chi connectivity index (χ4v) is 5.39. The number of carbonyl (C=O) groups excluding carboxylic acids is 1. The summed E-state index contributed by atoms with van der Waals surface area (Å²) in [5.74, 6) is -0.230. The minimum Gasteiger partial charge on any atom is -0.392 e. The number of halogens is 3. The molecule has 1 amide bonds. The van der Waals surface area contributed by atoms with Crippen LogP contribution in [-0.4, -0.2) is 38.6 Å². The minimum atomic E-state index is -4.63. The molecule has 0 bridgehead atoms. The Morgan fingerprint density at radius 2 is 2.03 bits per heavy atom. The molecule has 3 aliphatic rings. The van der Waals surface area contributed by atoms with Gasteiger partial charge in [-0.1, -0.05) is 25.1 Å². The van der Waals surface area contributed by atoms with Crippen LogP contribution in [0.1, 0.15) is 31.2 Å². The lowest BCUT2D eigenvalue weighted by atomic mass is 9.58. The first-order valence-corrected chi connectivity index (χ1v) is 10.7. The number of alkyl halides is 3. The molecule has 6 nitrogen and oxygen atoms in total. The fourth-order valence-electron chi connectivity index (χ4n) is 5.39. The van der Waals surface area contributed by atoms with Crippen LogP contribution in [0.2, 0.25) is 0 Å². The molecule has 1 atom stereocenters.